The Morgan fingerprint density at radius 1 is 0.875 bits per heavy atom. The van der Waals surface area contributed by atoms with Crippen molar-refractivity contribution in [3.05, 3.63) is 12.2 Å². The molecular weight excluding hydrogens is 392 g/mol. The molecule has 2 nitrogen and oxygen atoms in total. The zero-order valence-electron chi connectivity index (χ0n) is 21.8. The minimum absolute atomic E-state index is 0.0885. The van der Waals surface area contributed by atoms with E-state index < -0.39 is 0 Å². The smallest absolute Gasteiger partial charge is 0.0744 e. The number of hydrogen-bond donors (Lipinski definition) is 2. The van der Waals surface area contributed by atoms with Crippen molar-refractivity contribution in [1.29, 1.82) is 0 Å². The Balaban J connectivity index is 1.39. The lowest BCUT2D eigenvalue weighted by Crippen LogP contribution is -2.57. The van der Waals surface area contributed by atoms with E-state index in [4.69, 9.17) is 0 Å². The Hall–Kier alpha value is -0.340. The number of rotatable bonds is 5. The number of aliphatic hydroxyl groups excluding tert-OH is 2. The number of aliphatic hydroxyl groups is 2. The Morgan fingerprint density at radius 2 is 1.53 bits per heavy atom. The average Bonchev–Trinajstić information content (AvgIpc) is 3.31. The summed E-state index contributed by atoms with van der Waals surface area (Å²) in [5, 5.41) is 21.2. The molecule has 5 fully saturated rings. The maximum Gasteiger partial charge on any atom is 0.0744 e. The fraction of sp³-hybridized carbons (Fsp3) is 0.933. The van der Waals surface area contributed by atoms with Crippen molar-refractivity contribution < 1.29 is 10.2 Å². The van der Waals surface area contributed by atoms with Gasteiger partial charge in [0.25, 0.3) is 0 Å². The van der Waals surface area contributed by atoms with Gasteiger partial charge in [-0.3, -0.25) is 0 Å². The van der Waals surface area contributed by atoms with Crippen molar-refractivity contribution in [3.8, 4) is 0 Å². The van der Waals surface area contributed by atoms with Gasteiger partial charge in [0.1, 0.15) is 0 Å². The second kappa shape index (κ2) is 7.09. The van der Waals surface area contributed by atoms with Gasteiger partial charge >= 0.3 is 0 Å². The first-order valence-electron chi connectivity index (χ1n) is 13.9. The van der Waals surface area contributed by atoms with Crippen LogP contribution in [0.1, 0.15) is 112 Å². The fourth-order valence-corrected chi connectivity index (χ4v) is 11.2. The highest BCUT2D eigenvalue weighted by Gasteiger charge is 2.82. The van der Waals surface area contributed by atoms with E-state index in [0.29, 0.717) is 27.6 Å². The molecule has 0 aromatic rings. The first-order chi connectivity index (χ1) is 14.9. The molecule has 5 saturated carbocycles. The summed E-state index contributed by atoms with van der Waals surface area (Å²) in [5.41, 5.74) is 3.03. The molecule has 0 aromatic heterocycles. The summed E-state index contributed by atoms with van der Waals surface area (Å²) in [4.78, 5) is 0. The van der Waals surface area contributed by atoms with Gasteiger partial charge in [-0.1, -0.05) is 46.8 Å². The van der Waals surface area contributed by atoms with Crippen molar-refractivity contribution in [2.24, 2.45) is 50.7 Å². The molecule has 5 rings (SSSR count). The summed E-state index contributed by atoms with van der Waals surface area (Å²) in [6.07, 6.45) is 13.7. The minimum Gasteiger partial charge on any atom is -0.393 e. The largest absolute Gasteiger partial charge is 0.393 e. The molecule has 182 valence electrons. The Labute approximate surface area is 197 Å². The molecule has 5 aliphatic rings. The van der Waals surface area contributed by atoms with E-state index >= 15 is 0 Å². The van der Waals surface area contributed by atoms with Crippen molar-refractivity contribution in [1.82, 2.24) is 0 Å². The van der Waals surface area contributed by atoms with Gasteiger partial charge in [-0.05, 0) is 128 Å². The highest BCUT2D eigenvalue weighted by molar-refractivity contribution is 5.30. The van der Waals surface area contributed by atoms with Crippen LogP contribution in [0.3, 0.4) is 0 Å². The topological polar surface area (TPSA) is 40.5 Å². The second-order valence-electron chi connectivity index (χ2n) is 14.4. The third-order valence-corrected chi connectivity index (χ3v) is 13.3. The van der Waals surface area contributed by atoms with Crippen LogP contribution < -0.4 is 0 Å². The molecule has 0 heterocycles. The molecule has 32 heavy (non-hydrogen) atoms. The highest BCUT2D eigenvalue weighted by Crippen LogP contribution is 2.89. The number of hydrogen-bond acceptors (Lipinski definition) is 2. The summed E-state index contributed by atoms with van der Waals surface area (Å²) in [6, 6.07) is 0. The highest BCUT2D eigenvalue weighted by atomic mass is 16.3. The molecule has 0 radical (unpaired) electrons. The molecule has 0 aliphatic heterocycles. The summed E-state index contributed by atoms with van der Waals surface area (Å²) in [5.74, 6) is 3.08. The Kier molecular flexibility index (Phi) is 5.19. The first kappa shape index (κ1) is 23.4. The van der Waals surface area contributed by atoms with E-state index in [1.54, 1.807) is 0 Å². The Morgan fingerprint density at radius 3 is 2.22 bits per heavy atom. The van der Waals surface area contributed by atoms with Gasteiger partial charge in [-0.15, -0.1) is 0 Å². The lowest BCUT2D eigenvalue weighted by molar-refractivity contribution is -0.161. The van der Waals surface area contributed by atoms with Crippen LogP contribution in [0.2, 0.25) is 0 Å². The van der Waals surface area contributed by atoms with Crippen molar-refractivity contribution in [2.75, 3.05) is 0 Å². The summed E-state index contributed by atoms with van der Waals surface area (Å²) >= 11 is 0. The predicted octanol–water partition coefficient (Wildman–Crippen LogP) is 7.14. The first-order valence-corrected chi connectivity index (χ1v) is 13.9. The van der Waals surface area contributed by atoms with Crippen LogP contribution in [-0.4, -0.2) is 22.4 Å². The fourth-order valence-electron chi connectivity index (χ4n) is 11.2. The second-order valence-corrected chi connectivity index (χ2v) is 14.4. The minimum atomic E-state index is -0.334. The van der Waals surface area contributed by atoms with Gasteiger partial charge in [0.05, 0.1) is 12.2 Å². The average molecular weight is 443 g/mol. The van der Waals surface area contributed by atoms with Gasteiger partial charge in [0, 0.05) is 0 Å². The molecule has 0 bridgehead atoms. The molecule has 0 amide bonds. The zero-order valence-corrected chi connectivity index (χ0v) is 21.8. The maximum atomic E-state index is 10.8. The maximum absolute atomic E-state index is 10.8. The van der Waals surface area contributed by atoms with Crippen LogP contribution in [0.15, 0.2) is 12.2 Å². The van der Waals surface area contributed by atoms with Crippen LogP contribution in [0.5, 0.6) is 0 Å². The van der Waals surface area contributed by atoms with E-state index in [9.17, 15) is 10.2 Å². The summed E-state index contributed by atoms with van der Waals surface area (Å²) in [6.45, 7) is 18.5. The van der Waals surface area contributed by atoms with Crippen molar-refractivity contribution in [3.63, 3.8) is 0 Å². The SMILES string of the molecule is C=C(C)C(O)CCC(C)C1CC[C@@]2(C)C3CCC4C(C)(C)C(O)CC[C@@]45C[C@@]35CC[C@]12C. The van der Waals surface area contributed by atoms with E-state index in [1.807, 2.05) is 6.92 Å². The normalized spacial score (nSPS) is 52.8. The van der Waals surface area contributed by atoms with Crippen LogP contribution in [0.4, 0.5) is 0 Å². The van der Waals surface area contributed by atoms with Crippen LogP contribution in [-0.2, 0) is 0 Å². The van der Waals surface area contributed by atoms with E-state index in [0.717, 1.165) is 42.6 Å². The molecule has 5 aliphatic carbocycles. The summed E-state index contributed by atoms with van der Waals surface area (Å²) in [7, 11) is 0. The molecule has 6 unspecified atom stereocenters. The zero-order chi connectivity index (χ0) is 23.3. The molecule has 0 aromatic carbocycles. The lowest BCUT2D eigenvalue weighted by atomic mass is 9.41. The van der Waals surface area contributed by atoms with Gasteiger partial charge < -0.3 is 10.2 Å². The van der Waals surface area contributed by atoms with Crippen molar-refractivity contribution in [2.45, 2.75) is 124 Å². The molecule has 10 atom stereocenters. The standard InChI is InChI=1S/C30H50O2/c1-19(2)22(31)9-8-20(3)21-12-14-28(7)24-11-10-23-26(4,5)25(32)13-15-29(23)18-30(24,29)17-16-27(21,28)6/h20-25,31-32H,1,8-18H2,2-7H3/t20?,21?,22?,23?,24?,25?,27-,28+,29-,30+/m1/s1. The third kappa shape index (κ3) is 2.72. The monoisotopic (exact) mass is 442 g/mol. The van der Waals surface area contributed by atoms with Gasteiger partial charge in [-0.25, -0.2) is 0 Å². The quantitative estimate of drug-likeness (QED) is 0.444. The van der Waals surface area contributed by atoms with Crippen LogP contribution in [0.25, 0.3) is 0 Å². The molecule has 2 heteroatoms. The van der Waals surface area contributed by atoms with E-state index in [-0.39, 0.29) is 17.6 Å². The molecule has 0 saturated heterocycles. The molecular formula is C30H50O2. The predicted molar refractivity (Wildman–Crippen MR) is 132 cm³/mol. The van der Waals surface area contributed by atoms with Crippen molar-refractivity contribution >= 4 is 0 Å². The molecule has 2 N–H and O–H groups in total. The molecule has 2 spiro atoms. The van der Waals surface area contributed by atoms with Gasteiger partial charge in [0.15, 0.2) is 0 Å². The van der Waals surface area contributed by atoms with Gasteiger partial charge in [0.2, 0.25) is 0 Å². The van der Waals surface area contributed by atoms with E-state index in [1.165, 1.54) is 51.4 Å². The lowest BCUT2D eigenvalue weighted by Gasteiger charge is -2.63. The van der Waals surface area contributed by atoms with Gasteiger partial charge in [-0.2, -0.15) is 0 Å². The van der Waals surface area contributed by atoms with Crippen LogP contribution >= 0.6 is 0 Å². The Bertz CT molecular complexity index is 786. The van der Waals surface area contributed by atoms with Crippen LogP contribution in [0, 0.1) is 50.7 Å². The number of fused-ring (bicyclic) bond motifs is 2. The van der Waals surface area contributed by atoms with E-state index in [2.05, 4.69) is 41.2 Å². The summed E-state index contributed by atoms with van der Waals surface area (Å²) < 4.78 is 0. The third-order valence-electron chi connectivity index (χ3n) is 13.3.